The van der Waals surface area contributed by atoms with E-state index in [1.54, 1.807) is 0 Å². The Morgan fingerprint density at radius 3 is 2.55 bits per heavy atom. The highest BCUT2D eigenvalue weighted by atomic mass is 35.5. The maximum atomic E-state index is 12.4. The molecule has 0 spiro atoms. The third kappa shape index (κ3) is 3.87. The molecule has 0 bridgehead atoms. The third-order valence-corrected chi connectivity index (χ3v) is 3.81. The second-order valence-electron chi connectivity index (χ2n) is 5.09. The van der Waals surface area contributed by atoms with Crippen LogP contribution in [0.1, 0.15) is 23.9 Å². The van der Waals surface area contributed by atoms with Crippen LogP contribution < -0.4 is 5.32 Å². The number of halogens is 2. The maximum absolute atomic E-state index is 12.4. The zero-order valence-corrected chi connectivity index (χ0v) is 14.1. The SMILES string of the molecule is Cc1nn(C)c(C)c1CC(=O)N1CCNCC1C.Cl.Cl. The maximum Gasteiger partial charge on any atom is 0.227 e. The molecule has 1 aliphatic heterocycles. The summed E-state index contributed by atoms with van der Waals surface area (Å²) in [5.41, 5.74) is 3.13. The molecule has 0 aliphatic carbocycles. The number of amides is 1. The molecular formula is C13H24Cl2N4O. The molecule has 0 saturated carbocycles. The molecule has 1 N–H and O–H groups in total. The molecule has 5 nitrogen and oxygen atoms in total. The number of nitrogens with one attached hydrogen (secondary N) is 1. The van der Waals surface area contributed by atoms with Crippen LogP contribution in [-0.2, 0) is 18.3 Å². The molecule has 2 heterocycles. The number of aryl methyl sites for hydroxylation is 2. The van der Waals surface area contributed by atoms with Gasteiger partial charge in [0.1, 0.15) is 0 Å². The second kappa shape index (κ2) is 7.86. The summed E-state index contributed by atoms with van der Waals surface area (Å²) in [6, 6.07) is 0.281. The van der Waals surface area contributed by atoms with Crippen LogP contribution in [0.2, 0.25) is 0 Å². The van der Waals surface area contributed by atoms with Gasteiger partial charge >= 0.3 is 0 Å². The molecule has 1 aliphatic rings. The number of aromatic nitrogens is 2. The summed E-state index contributed by atoms with van der Waals surface area (Å²) >= 11 is 0. The van der Waals surface area contributed by atoms with E-state index in [9.17, 15) is 4.79 Å². The summed E-state index contributed by atoms with van der Waals surface area (Å²) in [7, 11) is 1.92. The average molecular weight is 323 g/mol. The van der Waals surface area contributed by atoms with Crippen molar-refractivity contribution in [2.45, 2.75) is 33.2 Å². The van der Waals surface area contributed by atoms with Crippen molar-refractivity contribution in [2.24, 2.45) is 7.05 Å². The summed E-state index contributed by atoms with van der Waals surface area (Å²) in [5.74, 6) is 0.211. The monoisotopic (exact) mass is 322 g/mol. The molecule has 1 unspecified atom stereocenters. The lowest BCUT2D eigenvalue weighted by molar-refractivity contribution is -0.133. The zero-order chi connectivity index (χ0) is 13.3. The van der Waals surface area contributed by atoms with Crippen molar-refractivity contribution < 1.29 is 4.79 Å². The van der Waals surface area contributed by atoms with Crippen molar-refractivity contribution >= 4 is 30.7 Å². The Hall–Kier alpha value is -0.780. The van der Waals surface area contributed by atoms with Gasteiger partial charge in [0, 0.05) is 44.0 Å². The van der Waals surface area contributed by atoms with Crippen molar-refractivity contribution in [1.82, 2.24) is 20.0 Å². The molecule has 1 aromatic rings. The minimum absolute atomic E-state index is 0. The lowest BCUT2D eigenvalue weighted by Crippen LogP contribution is -2.52. The highest BCUT2D eigenvalue weighted by Gasteiger charge is 2.24. The highest BCUT2D eigenvalue weighted by Crippen LogP contribution is 2.15. The van der Waals surface area contributed by atoms with Crippen molar-refractivity contribution in [3.8, 4) is 0 Å². The van der Waals surface area contributed by atoms with E-state index in [4.69, 9.17) is 0 Å². The lowest BCUT2D eigenvalue weighted by atomic mass is 10.1. The average Bonchev–Trinajstić information content (AvgIpc) is 2.56. The van der Waals surface area contributed by atoms with Crippen LogP contribution in [0.25, 0.3) is 0 Å². The number of hydrogen-bond donors (Lipinski definition) is 1. The first-order valence-corrected chi connectivity index (χ1v) is 6.50. The van der Waals surface area contributed by atoms with E-state index in [1.807, 2.05) is 30.5 Å². The van der Waals surface area contributed by atoms with Crippen LogP contribution in [0.4, 0.5) is 0 Å². The predicted molar refractivity (Wildman–Crippen MR) is 84.9 cm³/mol. The number of carbonyl (C=O) groups excluding carboxylic acids is 1. The lowest BCUT2D eigenvalue weighted by Gasteiger charge is -2.34. The van der Waals surface area contributed by atoms with Gasteiger partial charge in [-0.15, -0.1) is 24.8 Å². The van der Waals surface area contributed by atoms with Gasteiger partial charge in [0.05, 0.1) is 12.1 Å². The molecule has 20 heavy (non-hydrogen) atoms. The van der Waals surface area contributed by atoms with E-state index in [0.717, 1.165) is 36.6 Å². The van der Waals surface area contributed by atoms with Gasteiger partial charge < -0.3 is 10.2 Å². The number of nitrogens with zero attached hydrogens (tertiary/aromatic N) is 3. The van der Waals surface area contributed by atoms with Gasteiger partial charge in [0.25, 0.3) is 0 Å². The Kier molecular flexibility index (Phi) is 7.55. The van der Waals surface area contributed by atoms with Crippen LogP contribution >= 0.6 is 24.8 Å². The fourth-order valence-corrected chi connectivity index (χ4v) is 2.54. The van der Waals surface area contributed by atoms with Gasteiger partial charge in [-0.2, -0.15) is 5.10 Å². The molecule has 0 radical (unpaired) electrons. The van der Waals surface area contributed by atoms with Crippen LogP contribution in [0, 0.1) is 13.8 Å². The second-order valence-corrected chi connectivity index (χ2v) is 5.09. The van der Waals surface area contributed by atoms with E-state index >= 15 is 0 Å². The summed E-state index contributed by atoms with van der Waals surface area (Å²) in [6.07, 6.45) is 0.468. The van der Waals surface area contributed by atoms with Gasteiger partial charge in [-0.3, -0.25) is 9.48 Å². The van der Waals surface area contributed by atoms with Crippen molar-refractivity contribution in [1.29, 1.82) is 0 Å². The highest BCUT2D eigenvalue weighted by molar-refractivity contribution is 5.85. The van der Waals surface area contributed by atoms with E-state index in [-0.39, 0.29) is 36.8 Å². The number of piperazine rings is 1. The van der Waals surface area contributed by atoms with E-state index in [1.165, 1.54) is 0 Å². The zero-order valence-electron chi connectivity index (χ0n) is 12.5. The van der Waals surface area contributed by atoms with Crippen LogP contribution in [0.5, 0.6) is 0 Å². The van der Waals surface area contributed by atoms with E-state index in [0.29, 0.717) is 6.42 Å². The fraction of sp³-hybridized carbons (Fsp3) is 0.692. The molecule has 7 heteroatoms. The van der Waals surface area contributed by atoms with Crippen LogP contribution in [-0.4, -0.2) is 46.3 Å². The van der Waals surface area contributed by atoms with Gasteiger partial charge in [0.15, 0.2) is 0 Å². The first kappa shape index (κ1) is 19.2. The fourth-order valence-electron chi connectivity index (χ4n) is 2.54. The minimum Gasteiger partial charge on any atom is -0.337 e. The van der Waals surface area contributed by atoms with Crippen LogP contribution in [0.15, 0.2) is 0 Å². The summed E-state index contributed by atoms with van der Waals surface area (Å²) in [6.45, 7) is 8.66. The standard InChI is InChI=1S/C13H22N4O.2ClH/c1-9-8-14-5-6-17(9)13(18)7-12-10(2)15-16(4)11(12)3;;/h9,14H,5-8H2,1-4H3;2*1H. The predicted octanol–water partition coefficient (Wildman–Crippen LogP) is 1.24. The topological polar surface area (TPSA) is 50.2 Å². The van der Waals surface area contributed by atoms with Gasteiger partial charge in [-0.1, -0.05) is 0 Å². The Morgan fingerprint density at radius 1 is 1.40 bits per heavy atom. The normalized spacial score (nSPS) is 18.2. The first-order chi connectivity index (χ1) is 8.50. The van der Waals surface area contributed by atoms with Crippen molar-refractivity contribution in [3.63, 3.8) is 0 Å². The molecule has 1 amide bonds. The first-order valence-electron chi connectivity index (χ1n) is 6.50. The molecule has 1 fully saturated rings. The largest absolute Gasteiger partial charge is 0.337 e. The van der Waals surface area contributed by atoms with Crippen molar-refractivity contribution in [2.75, 3.05) is 19.6 Å². The molecule has 1 saturated heterocycles. The molecule has 2 rings (SSSR count). The molecule has 0 aromatic carbocycles. The smallest absolute Gasteiger partial charge is 0.227 e. The molecule has 1 aromatic heterocycles. The Bertz CT molecular complexity index is 461. The van der Waals surface area contributed by atoms with Gasteiger partial charge in [-0.25, -0.2) is 0 Å². The minimum atomic E-state index is 0. The summed E-state index contributed by atoms with van der Waals surface area (Å²) < 4.78 is 1.85. The molecule has 116 valence electrons. The number of hydrogen-bond acceptors (Lipinski definition) is 3. The Morgan fingerprint density at radius 2 is 2.05 bits per heavy atom. The van der Waals surface area contributed by atoms with E-state index in [2.05, 4.69) is 17.3 Å². The van der Waals surface area contributed by atoms with Crippen LogP contribution in [0.3, 0.4) is 0 Å². The quantitative estimate of drug-likeness (QED) is 0.891. The number of rotatable bonds is 2. The molecular weight excluding hydrogens is 299 g/mol. The molecule has 1 atom stereocenters. The Labute approximate surface area is 132 Å². The van der Waals surface area contributed by atoms with Gasteiger partial charge in [0.2, 0.25) is 5.91 Å². The van der Waals surface area contributed by atoms with E-state index < -0.39 is 0 Å². The summed E-state index contributed by atoms with van der Waals surface area (Å²) in [5, 5.41) is 7.66. The van der Waals surface area contributed by atoms with Crippen molar-refractivity contribution in [3.05, 3.63) is 17.0 Å². The third-order valence-electron chi connectivity index (χ3n) is 3.81. The Balaban J connectivity index is 0.00000180. The number of carbonyl (C=O) groups is 1. The van der Waals surface area contributed by atoms with Gasteiger partial charge in [-0.05, 0) is 20.8 Å². The summed E-state index contributed by atoms with van der Waals surface area (Å²) in [4.78, 5) is 14.3.